The van der Waals surface area contributed by atoms with Crippen molar-refractivity contribution < 1.29 is 9.63 Å². The van der Waals surface area contributed by atoms with Gasteiger partial charge in [-0.15, -0.1) is 0 Å². The molecule has 0 atom stereocenters. The molecule has 0 aromatic rings. The van der Waals surface area contributed by atoms with E-state index in [4.69, 9.17) is 0 Å². The molecule has 0 aromatic carbocycles. The number of rotatable bonds is 3. The largest absolute Gasteiger partial charge is 0.367 e. The highest BCUT2D eigenvalue weighted by atomic mass is 16.7. The van der Waals surface area contributed by atoms with Crippen molar-refractivity contribution in [2.45, 2.75) is 20.8 Å². The predicted molar refractivity (Wildman–Crippen MR) is 39.2 cm³/mol. The zero-order valence-electron chi connectivity index (χ0n) is 6.60. The minimum absolute atomic E-state index is 0.315. The summed E-state index contributed by atoms with van der Waals surface area (Å²) in [5.74, 6) is -0.315. The summed E-state index contributed by atoms with van der Waals surface area (Å²) in [4.78, 5) is 15.4. The molecule has 10 heavy (non-hydrogen) atoms. The average molecular weight is 143 g/mol. The van der Waals surface area contributed by atoms with E-state index < -0.39 is 0 Å². The van der Waals surface area contributed by atoms with Gasteiger partial charge in [-0.2, -0.15) is 5.48 Å². The molecule has 0 radical (unpaired) electrons. The highest BCUT2D eigenvalue weighted by Gasteiger charge is 2.01. The fourth-order valence-corrected chi connectivity index (χ4v) is 0.336. The number of hydrogen-bond acceptors (Lipinski definition) is 3. The fourth-order valence-electron chi connectivity index (χ4n) is 0.336. The van der Waals surface area contributed by atoms with Gasteiger partial charge in [0.05, 0.1) is 0 Å². The average Bonchev–Trinajstić information content (AvgIpc) is 1.98. The monoisotopic (exact) mass is 143 g/mol. The van der Waals surface area contributed by atoms with Crippen molar-refractivity contribution in [2.75, 3.05) is 6.54 Å². The van der Waals surface area contributed by atoms with E-state index in [1.165, 1.54) is 0 Å². The summed E-state index contributed by atoms with van der Waals surface area (Å²) >= 11 is 0. The maximum Gasteiger partial charge on any atom is 0.352 e. The van der Waals surface area contributed by atoms with Crippen LogP contribution in [0, 0.1) is 0 Å². The summed E-state index contributed by atoms with van der Waals surface area (Å²) in [6.45, 7) is 5.99. The second kappa shape index (κ2) is 4.99. The standard InChI is InChI=1S/C7H13NO2/c1-4-6(3)7(9)10-8-5-2/h4,8H,5H2,1-3H3/b6-4-. The van der Waals surface area contributed by atoms with Gasteiger partial charge in [0.25, 0.3) is 0 Å². The third-order valence-corrected chi connectivity index (χ3v) is 1.06. The van der Waals surface area contributed by atoms with Crippen molar-refractivity contribution in [3.05, 3.63) is 11.6 Å². The Morgan fingerprint density at radius 2 is 2.30 bits per heavy atom. The van der Waals surface area contributed by atoms with Crippen LogP contribution in [0.25, 0.3) is 0 Å². The van der Waals surface area contributed by atoms with E-state index in [-0.39, 0.29) is 5.97 Å². The van der Waals surface area contributed by atoms with E-state index in [0.29, 0.717) is 12.1 Å². The Balaban J connectivity index is 3.63. The van der Waals surface area contributed by atoms with Gasteiger partial charge in [0.2, 0.25) is 0 Å². The van der Waals surface area contributed by atoms with E-state index in [1.807, 2.05) is 6.92 Å². The Morgan fingerprint density at radius 1 is 1.70 bits per heavy atom. The van der Waals surface area contributed by atoms with Crippen LogP contribution in [0.1, 0.15) is 20.8 Å². The SMILES string of the molecule is C/C=C(/C)C(=O)ONCC. The Morgan fingerprint density at radius 3 is 2.70 bits per heavy atom. The van der Waals surface area contributed by atoms with Crippen LogP contribution in [-0.4, -0.2) is 12.5 Å². The molecule has 0 saturated carbocycles. The zero-order chi connectivity index (χ0) is 7.98. The maximum atomic E-state index is 10.8. The maximum absolute atomic E-state index is 10.8. The Bertz CT molecular complexity index is 141. The summed E-state index contributed by atoms with van der Waals surface area (Å²) in [6.07, 6.45) is 1.71. The van der Waals surface area contributed by atoms with E-state index in [2.05, 4.69) is 10.3 Å². The normalized spacial score (nSPS) is 11.3. The Kier molecular flexibility index (Phi) is 4.58. The molecule has 0 aromatic heterocycles. The number of allylic oxidation sites excluding steroid dienone is 1. The first-order valence-corrected chi connectivity index (χ1v) is 3.29. The number of hydrogen-bond donors (Lipinski definition) is 1. The van der Waals surface area contributed by atoms with Gasteiger partial charge in [-0.3, -0.25) is 0 Å². The number of hydroxylamine groups is 1. The predicted octanol–water partition coefficient (Wildman–Crippen LogP) is 1.02. The van der Waals surface area contributed by atoms with Gasteiger partial charge in [0.15, 0.2) is 0 Å². The van der Waals surface area contributed by atoms with Crippen LogP contribution in [0.5, 0.6) is 0 Å². The summed E-state index contributed by atoms with van der Waals surface area (Å²) in [7, 11) is 0. The van der Waals surface area contributed by atoms with Crippen molar-refractivity contribution in [1.82, 2.24) is 5.48 Å². The van der Waals surface area contributed by atoms with Crippen LogP contribution in [0.4, 0.5) is 0 Å². The molecule has 0 aliphatic carbocycles. The summed E-state index contributed by atoms with van der Waals surface area (Å²) < 4.78 is 0. The first-order valence-electron chi connectivity index (χ1n) is 3.29. The van der Waals surface area contributed by atoms with Gasteiger partial charge < -0.3 is 4.84 Å². The van der Waals surface area contributed by atoms with Gasteiger partial charge in [0, 0.05) is 12.1 Å². The van der Waals surface area contributed by atoms with E-state index in [0.717, 1.165) is 0 Å². The molecule has 0 aliphatic heterocycles. The lowest BCUT2D eigenvalue weighted by molar-refractivity contribution is -0.145. The van der Waals surface area contributed by atoms with Crippen LogP contribution in [0.2, 0.25) is 0 Å². The molecule has 0 heterocycles. The molecular weight excluding hydrogens is 130 g/mol. The molecule has 0 saturated heterocycles. The molecule has 0 bridgehead atoms. The number of carbonyl (C=O) groups is 1. The summed E-state index contributed by atoms with van der Waals surface area (Å²) in [6, 6.07) is 0. The lowest BCUT2D eigenvalue weighted by Crippen LogP contribution is -2.19. The molecule has 58 valence electrons. The van der Waals surface area contributed by atoms with Crippen LogP contribution in [0.15, 0.2) is 11.6 Å². The lowest BCUT2D eigenvalue weighted by Gasteiger charge is -2.01. The molecule has 0 rings (SSSR count). The highest BCUT2D eigenvalue weighted by Crippen LogP contribution is 1.92. The number of carbonyl (C=O) groups excluding carboxylic acids is 1. The quantitative estimate of drug-likeness (QED) is 0.473. The molecule has 0 amide bonds. The van der Waals surface area contributed by atoms with E-state index in [9.17, 15) is 4.79 Å². The van der Waals surface area contributed by atoms with Gasteiger partial charge in [-0.25, -0.2) is 4.79 Å². The molecule has 1 N–H and O–H groups in total. The van der Waals surface area contributed by atoms with Crippen LogP contribution >= 0.6 is 0 Å². The van der Waals surface area contributed by atoms with E-state index in [1.54, 1.807) is 19.9 Å². The van der Waals surface area contributed by atoms with Crippen molar-refractivity contribution in [3.8, 4) is 0 Å². The minimum Gasteiger partial charge on any atom is -0.367 e. The molecule has 3 nitrogen and oxygen atoms in total. The second-order valence-corrected chi connectivity index (χ2v) is 1.86. The van der Waals surface area contributed by atoms with E-state index >= 15 is 0 Å². The lowest BCUT2D eigenvalue weighted by atomic mass is 10.3. The summed E-state index contributed by atoms with van der Waals surface area (Å²) in [5, 5.41) is 0. The number of nitrogens with one attached hydrogen (secondary N) is 1. The van der Waals surface area contributed by atoms with Gasteiger partial charge in [-0.05, 0) is 20.8 Å². The third-order valence-electron chi connectivity index (χ3n) is 1.06. The fraction of sp³-hybridized carbons (Fsp3) is 0.571. The van der Waals surface area contributed by atoms with Gasteiger partial charge in [0.1, 0.15) is 0 Å². The van der Waals surface area contributed by atoms with Crippen LogP contribution in [0.3, 0.4) is 0 Å². The highest BCUT2D eigenvalue weighted by molar-refractivity contribution is 5.87. The van der Waals surface area contributed by atoms with Crippen molar-refractivity contribution >= 4 is 5.97 Å². The van der Waals surface area contributed by atoms with Gasteiger partial charge in [-0.1, -0.05) is 6.08 Å². The van der Waals surface area contributed by atoms with Crippen LogP contribution in [-0.2, 0) is 9.63 Å². The van der Waals surface area contributed by atoms with Crippen molar-refractivity contribution in [2.24, 2.45) is 0 Å². The Labute approximate surface area is 61.0 Å². The molecular formula is C7H13NO2. The topological polar surface area (TPSA) is 38.3 Å². The smallest absolute Gasteiger partial charge is 0.352 e. The minimum atomic E-state index is -0.315. The van der Waals surface area contributed by atoms with Gasteiger partial charge >= 0.3 is 5.97 Å². The third kappa shape index (κ3) is 3.25. The van der Waals surface area contributed by atoms with Crippen molar-refractivity contribution in [3.63, 3.8) is 0 Å². The Hall–Kier alpha value is -0.830. The molecule has 0 aliphatic rings. The van der Waals surface area contributed by atoms with Crippen LogP contribution < -0.4 is 5.48 Å². The molecule has 0 spiro atoms. The molecule has 3 heteroatoms. The zero-order valence-corrected chi connectivity index (χ0v) is 6.60. The molecule has 0 unspecified atom stereocenters. The molecule has 0 fully saturated rings. The summed E-state index contributed by atoms with van der Waals surface area (Å²) in [5.41, 5.74) is 3.08. The first kappa shape index (κ1) is 9.17. The van der Waals surface area contributed by atoms with Crippen molar-refractivity contribution in [1.29, 1.82) is 0 Å². The first-order chi connectivity index (χ1) is 4.72. The second-order valence-electron chi connectivity index (χ2n) is 1.86.